The Bertz CT molecular complexity index is 1620. The molecule has 1 aromatic heterocycles. The van der Waals surface area contributed by atoms with E-state index in [1.807, 2.05) is 54.6 Å². The number of aromatic nitrogens is 1. The fraction of sp³-hybridized carbons (Fsp3) is 0.143. The smallest absolute Gasteiger partial charge is 0.303 e. The minimum absolute atomic E-state index is 0.203. The van der Waals surface area contributed by atoms with Crippen LogP contribution in [0.5, 0.6) is 0 Å². The zero-order chi connectivity index (χ0) is 26.1. The number of carbonyl (C=O) groups excluding carboxylic acids is 1. The number of nitrogens with one attached hydrogen (secondary N) is 1. The molecule has 2 N–H and O–H groups in total. The molecule has 3 aromatic carbocycles. The molecule has 0 unspecified atom stereocenters. The summed E-state index contributed by atoms with van der Waals surface area (Å²) in [4.78, 5) is 40.7. The summed E-state index contributed by atoms with van der Waals surface area (Å²) >= 11 is 9.82. The van der Waals surface area contributed by atoms with Gasteiger partial charge in [0, 0.05) is 38.8 Å². The Morgan fingerprint density at radius 2 is 1.81 bits per heavy atom. The van der Waals surface area contributed by atoms with Crippen molar-refractivity contribution >= 4 is 56.0 Å². The molecule has 1 amide bonds. The van der Waals surface area contributed by atoms with Gasteiger partial charge in [-0.25, -0.2) is 5.01 Å². The average Bonchev–Trinajstić information content (AvgIpc) is 3.32. The second kappa shape index (κ2) is 10.3. The third-order valence-electron chi connectivity index (χ3n) is 6.28. The van der Waals surface area contributed by atoms with Crippen molar-refractivity contribution in [2.24, 2.45) is 5.10 Å². The van der Waals surface area contributed by atoms with Crippen LogP contribution in [0.2, 0.25) is 5.02 Å². The maximum absolute atomic E-state index is 13.5. The van der Waals surface area contributed by atoms with Gasteiger partial charge in [0.1, 0.15) is 0 Å². The van der Waals surface area contributed by atoms with Crippen molar-refractivity contribution in [3.05, 3.63) is 104 Å². The molecule has 186 valence electrons. The number of aromatic amines is 1. The molecule has 0 bridgehead atoms. The Morgan fingerprint density at radius 3 is 2.54 bits per heavy atom. The molecular weight excluding hydrogens is 558 g/mol. The van der Waals surface area contributed by atoms with E-state index in [-0.39, 0.29) is 24.8 Å². The molecule has 2 heterocycles. The van der Waals surface area contributed by atoms with Crippen LogP contribution in [0.1, 0.15) is 36.4 Å². The van der Waals surface area contributed by atoms with Crippen molar-refractivity contribution in [3.63, 3.8) is 0 Å². The van der Waals surface area contributed by atoms with Gasteiger partial charge in [0.2, 0.25) is 5.91 Å². The minimum Gasteiger partial charge on any atom is -0.481 e. The van der Waals surface area contributed by atoms with Crippen LogP contribution in [0.15, 0.2) is 87.2 Å². The second-order valence-corrected chi connectivity index (χ2v) is 10.1. The van der Waals surface area contributed by atoms with Crippen LogP contribution in [-0.2, 0) is 9.59 Å². The van der Waals surface area contributed by atoms with Crippen LogP contribution >= 0.6 is 27.5 Å². The number of benzene rings is 3. The molecule has 1 atom stereocenters. The summed E-state index contributed by atoms with van der Waals surface area (Å²) in [6.07, 6.45) is -0.230. The van der Waals surface area contributed by atoms with E-state index >= 15 is 0 Å². The molecule has 0 aliphatic carbocycles. The molecule has 0 radical (unpaired) electrons. The van der Waals surface area contributed by atoms with Gasteiger partial charge in [-0.05, 0) is 41.5 Å². The second-order valence-electron chi connectivity index (χ2n) is 8.71. The maximum atomic E-state index is 13.5. The molecule has 1 aliphatic rings. The fourth-order valence-electron chi connectivity index (χ4n) is 4.64. The zero-order valence-electron chi connectivity index (χ0n) is 19.4. The first-order valence-corrected chi connectivity index (χ1v) is 12.8. The van der Waals surface area contributed by atoms with Crippen LogP contribution in [0, 0.1) is 0 Å². The van der Waals surface area contributed by atoms with E-state index in [1.165, 1.54) is 5.01 Å². The zero-order valence-corrected chi connectivity index (χ0v) is 21.8. The fourth-order valence-corrected chi connectivity index (χ4v) is 5.23. The number of carboxylic acids is 1. The molecule has 9 heteroatoms. The number of hydrazone groups is 1. The van der Waals surface area contributed by atoms with Crippen molar-refractivity contribution < 1.29 is 14.7 Å². The average molecular weight is 579 g/mol. The normalized spacial score (nSPS) is 15.1. The SMILES string of the molecule is O=C(O)CCC(=O)N1N=C(c2c(-c3ccccc3)c3cc(Cl)ccc3[nH]c2=O)C[C@@H]1c1cccc(Br)c1. The number of rotatable bonds is 6. The molecule has 0 saturated carbocycles. The molecule has 0 saturated heterocycles. The summed E-state index contributed by atoms with van der Waals surface area (Å²) in [5.41, 5.74) is 3.40. The Balaban J connectivity index is 1.70. The van der Waals surface area contributed by atoms with Crippen LogP contribution in [0.3, 0.4) is 0 Å². The maximum Gasteiger partial charge on any atom is 0.303 e. The predicted molar refractivity (Wildman–Crippen MR) is 147 cm³/mol. The number of carboxylic acid groups (broad SMARTS) is 1. The third-order valence-corrected chi connectivity index (χ3v) is 7.01. The summed E-state index contributed by atoms with van der Waals surface area (Å²) in [5.74, 6) is -1.49. The molecule has 0 fully saturated rings. The number of halogens is 2. The van der Waals surface area contributed by atoms with E-state index in [1.54, 1.807) is 18.2 Å². The topological polar surface area (TPSA) is 103 Å². The lowest BCUT2D eigenvalue weighted by atomic mass is 9.91. The number of aliphatic carboxylic acids is 1. The molecule has 5 rings (SSSR count). The lowest BCUT2D eigenvalue weighted by Crippen LogP contribution is -2.27. The van der Waals surface area contributed by atoms with E-state index in [4.69, 9.17) is 16.7 Å². The first-order chi connectivity index (χ1) is 17.8. The van der Waals surface area contributed by atoms with Gasteiger partial charge in [0.05, 0.1) is 23.7 Å². The van der Waals surface area contributed by atoms with Crippen LogP contribution in [0.4, 0.5) is 0 Å². The van der Waals surface area contributed by atoms with Crippen molar-refractivity contribution in [1.82, 2.24) is 9.99 Å². The Labute approximate surface area is 225 Å². The standard InChI is InChI=1S/C28H21BrClN3O4/c29-18-8-4-7-17(13-18)23-15-22(32-33(23)24(34)11-12-25(35)36)27-26(16-5-2-1-3-6-16)20-14-19(30)9-10-21(20)31-28(27)37/h1-10,13-14,23H,11-12,15H2,(H,31,37)(H,35,36)/t23-/m1/s1. The number of H-pyrrole nitrogens is 1. The molecule has 37 heavy (non-hydrogen) atoms. The van der Waals surface area contributed by atoms with Gasteiger partial charge in [0.15, 0.2) is 0 Å². The number of carbonyl (C=O) groups is 2. The molecular formula is C28H21BrClN3O4. The summed E-state index contributed by atoms with van der Waals surface area (Å²) < 4.78 is 0.833. The lowest BCUT2D eigenvalue weighted by Gasteiger charge is -2.22. The highest BCUT2D eigenvalue weighted by Crippen LogP contribution is 2.38. The monoisotopic (exact) mass is 577 g/mol. The van der Waals surface area contributed by atoms with Gasteiger partial charge < -0.3 is 10.1 Å². The van der Waals surface area contributed by atoms with Gasteiger partial charge >= 0.3 is 5.97 Å². The number of hydrogen-bond acceptors (Lipinski definition) is 4. The van der Waals surface area contributed by atoms with E-state index in [0.717, 1.165) is 21.0 Å². The van der Waals surface area contributed by atoms with E-state index in [9.17, 15) is 14.4 Å². The summed E-state index contributed by atoms with van der Waals surface area (Å²) in [5, 5.41) is 16.3. The molecule has 7 nitrogen and oxygen atoms in total. The number of hydrogen-bond donors (Lipinski definition) is 2. The van der Waals surface area contributed by atoms with Gasteiger partial charge in [-0.3, -0.25) is 14.4 Å². The highest BCUT2D eigenvalue weighted by Gasteiger charge is 2.35. The molecule has 0 spiro atoms. The van der Waals surface area contributed by atoms with Gasteiger partial charge in [-0.15, -0.1) is 0 Å². The molecule has 1 aliphatic heterocycles. The number of pyridine rings is 1. The van der Waals surface area contributed by atoms with E-state index in [2.05, 4.69) is 26.0 Å². The summed E-state index contributed by atoms with van der Waals surface area (Å²) in [6.45, 7) is 0. The van der Waals surface area contributed by atoms with Gasteiger partial charge in [-0.2, -0.15) is 5.10 Å². The number of fused-ring (bicyclic) bond motifs is 1. The minimum atomic E-state index is -1.06. The van der Waals surface area contributed by atoms with Crippen LogP contribution in [0.25, 0.3) is 22.0 Å². The largest absolute Gasteiger partial charge is 0.481 e. The summed E-state index contributed by atoms with van der Waals surface area (Å²) in [6, 6.07) is 21.8. The number of amides is 1. The van der Waals surface area contributed by atoms with Crippen molar-refractivity contribution in [2.45, 2.75) is 25.3 Å². The predicted octanol–water partition coefficient (Wildman–Crippen LogP) is 6.15. The highest BCUT2D eigenvalue weighted by molar-refractivity contribution is 9.10. The lowest BCUT2D eigenvalue weighted by molar-refractivity contribution is -0.141. The van der Waals surface area contributed by atoms with Gasteiger partial charge in [-0.1, -0.05) is 70.0 Å². The number of nitrogens with zero attached hydrogens (tertiary/aromatic N) is 2. The van der Waals surface area contributed by atoms with Crippen molar-refractivity contribution in [1.29, 1.82) is 0 Å². The first kappa shape index (κ1) is 24.9. The van der Waals surface area contributed by atoms with Gasteiger partial charge in [0.25, 0.3) is 5.56 Å². The van der Waals surface area contributed by atoms with Crippen LogP contribution in [-0.4, -0.2) is 32.7 Å². The quantitative estimate of drug-likeness (QED) is 0.286. The van der Waals surface area contributed by atoms with Crippen molar-refractivity contribution in [3.8, 4) is 11.1 Å². The Kier molecular flexibility index (Phi) is 6.95. The summed E-state index contributed by atoms with van der Waals surface area (Å²) in [7, 11) is 0. The van der Waals surface area contributed by atoms with E-state index in [0.29, 0.717) is 27.4 Å². The van der Waals surface area contributed by atoms with Crippen LogP contribution < -0.4 is 5.56 Å². The third kappa shape index (κ3) is 5.08. The highest BCUT2D eigenvalue weighted by atomic mass is 79.9. The Hall–Kier alpha value is -3.75. The Morgan fingerprint density at radius 1 is 1.03 bits per heavy atom. The first-order valence-electron chi connectivity index (χ1n) is 11.6. The van der Waals surface area contributed by atoms with Crippen molar-refractivity contribution in [2.75, 3.05) is 0 Å². The molecule has 4 aromatic rings. The van der Waals surface area contributed by atoms with E-state index < -0.39 is 17.9 Å².